The number of carbonyl (C=O) groups is 2. The van der Waals surface area contributed by atoms with Gasteiger partial charge in [0.15, 0.2) is 0 Å². The maximum atomic E-state index is 12.3. The molecule has 4 N–H and O–H groups in total. The van der Waals surface area contributed by atoms with Crippen LogP contribution in [0.3, 0.4) is 0 Å². The number of nitrogens with zero attached hydrogens (tertiary/aromatic N) is 4. The highest BCUT2D eigenvalue weighted by Crippen LogP contribution is 2.31. The van der Waals surface area contributed by atoms with Crippen LogP contribution in [0.1, 0.15) is 25.0 Å². The van der Waals surface area contributed by atoms with Gasteiger partial charge >= 0.3 is 5.97 Å². The first-order chi connectivity index (χ1) is 13.7. The quantitative estimate of drug-likeness (QED) is 0.638. The van der Waals surface area contributed by atoms with Crippen LogP contribution in [-0.2, 0) is 9.59 Å². The summed E-state index contributed by atoms with van der Waals surface area (Å²) in [5, 5.41) is 20.8. The fourth-order valence-electron chi connectivity index (χ4n) is 3.84. The molecule has 9 heteroatoms. The van der Waals surface area contributed by atoms with Crippen LogP contribution in [-0.4, -0.2) is 75.3 Å². The number of piperidine rings is 1. The molecule has 9 nitrogen and oxygen atoms in total. The van der Waals surface area contributed by atoms with Gasteiger partial charge in [0.05, 0.1) is 23.6 Å². The summed E-state index contributed by atoms with van der Waals surface area (Å²) in [7, 11) is 1.54. The molecule has 29 heavy (non-hydrogen) atoms. The molecule has 1 aliphatic heterocycles. The number of rotatable bonds is 6. The van der Waals surface area contributed by atoms with Crippen molar-refractivity contribution in [1.29, 1.82) is 0 Å². The minimum atomic E-state index is -1.12. The third kappa shape index (κ3) is 4.80. The average molecular weight is 401 g/mol. The lowest BCUT2D eigenvalue weighted by Gasteiger charge is -2.41. The van der Waals surface area contributed by atoms with Gasteiger partial charge < -0.3 is 25.7 Å². The lowest BCUT2D eigenvalue weighted by atomic mass is 9.90. The van der Waals surface area contributed by atoms with Gasteiger partial charge in [-0.3, -0.25) is 19.6 Å². The van der Waals surface area contributed by atoms with Crippen molar-refractivity contribution in [2.75, 3.05) is 31.6 Å². The van der Waals surface area contributed by atoms with E-state index < -0.39 is 29.9 Å². The first-order valence-corrected chi connectivity index (χ1v) is 9.59. The van der Waals surface area contributed by atoms with Crippen LogP contribution in [0.4, 0.5) is 5.69 Å². The van der Waals surface area contributed by atoms with Gasteiger partial charge in [-0.15, -0.1) is 0 Å². The van der Waals surface area contributed by atoms with Gasteiger partial charge in [0.25, 0.3) is 0 Å². The summed E-state index contributed by atoms with van der Waals surface area (Å²) >= 11 is 0. The molecular weight excluding hydrogens is 374 g/mol. The highest BCUT2D eigenvalue weighted by atomic mass is 16.4. The molecule has 1 amide bonds. The fourth-order valence-corrected chi connectivity index (χ4v) is 3.84. The molecule has 1 atom stereocenters. The molecule has 0 aromatic carbocycles. The van der Waals surface area contributed by atoms with Crippen molar-refractivity contribution in [3.05, 3.63) is 30.2 Å². The molecule has 1 fully saturated rings. The molecule has 2 aromatic rings. The molecule has 1 saturated heterocycles. The van der Waals surface area contributed by atoms with Crippen LogP contribution in [0, 0.1) is 6.92 Å². The second-order valence-corrected chi connectivity index (χ2v) is 7.79. The van der Waals surface area contributed by atoms with Gasteiger partial charge in [0, 0.05) is 55.8 Å². The number of carbonyl (C=O) groups excluding carboxylic acids is 1. The number of aryl methyl sites for hydroxylation is 1. The van der Waals surface area contributed by atoms with E-state index in [9.17, 15) is 14.7 Å². The van der Waals surface area contributed by atoms with E-state index in [2.05, 4.69) is 14.9 Å². The number of carboxylic acids is 1. The summed E-state index contributed by atoms with van der Waals surface area (Å²) in [5.74, 6) is -1.61. The molecule has 0 bridgehead atoms. The number of pyridine rings is 2. The Morgan fingerprint density at radius 2 is 2.07 bits per heavy atom. The molecule has 1 aliphatic rings. The molecule has 0 aliphatic carbocycles. The number of amides is 1. The zero-order valence-electron chi connectivity index (χ0n) is 16.7. The van der Waals surface area contributed by atoms with Gasteiger partial charge in [-0.25, -0.2) is 0 Å². The van der Waals surface area contributed by atoms with E-state index in [1.54, 1.807) is 19.4 Å². The van der Waals surface area contributed by atoms with Crippen molar-refractivity contribution in [3.8, 4) is 0 Å². The third-order valence-electron chi connectivity index (χ3n) is 5.37. The van der Waals surface area contributed by atoms with E-state index in [-0.39, 0.29) is 6.54 Å². The number of likely N-dealkylation sites (N-methyl/N-ethyl adjacent to an activating group) is 1. The molecule has 3 heterocycles. The number of anilines is 1. The highest BCUT2D eigenvalue weighted by molar-refractivity contribution is 5.91. The second kappa shape index (κ2) is 8.30. The Labute approximate surface area is 169 Å². The SMILES string of the molecule is Cc1cc(N2CCC(O)(CN(C)C(=O)[C@@H](N)CC(=O)O)CC2)c2cnccc2n1. The highest BCUT2D eigenvalue weighted by Gasteiger charge is 2.36. The molecule has 0 spiro atoms. The van der Waals surface area contributed by atoms with Crippen molar-refractivity contribution in [2.45, 2.75) is 37.8 Å². The number of hydrogen-bond donors (Lipinski definition) is 3. The zero-order chi connectivity index (χ0) is 21.2. The Balaban J connectivity index is 1.67. The number of nitrogens with two attached hydrogens (primary N) is 1. The first-order valence-electron chi connectivity index (χ1n) is 9.59. The minimum Gasteiger partial charge on any atom is -0.481 e. The smallest absolute Gasteiger partial charge is 0.305 e. The van der Waals surface area contributed by atoms with Gasteiger partial charge in [0.2, 0.25) is 5.91 Å². The number of hydrogen-bond acceptors (Lipinski definition) is 7. The average Bonchev–Trinajstić information content (AvgIpc) is 2.66. The van der Waals surface area contributed by atoms with Gasteiger partial charge in [-0.1, -0.05) is 0 Å². The number of aromatic nitrogens is 2. The molecule has 0 saturated carbocycles. The normalized spacial score (nSPS) is 17.2. The minimum absolute atomic E-state index is 0.116. The number of carboxylic acid groups (broad SMARTS) is 1. The summed E-state index contributed by atoms with van der Waals surface area (Å²) in [6.07, 6.45) is 4.03. The lowest BCUT2D eigenvalue weighted by Crippen LogP contribution is -2.53. The third-order valence-corrected chi connectivity index (χ3v) is 5.37. The topological polar surface area (TPSA) is 133 Å². The Kier molecular flexibility index (Phi) is 5.99. The van der Waals surface area contributed by atoms with Crippen molar-refractivity contribution in [3.63, 3.8) is 0 Å². The maximum Gasteiger partial charge on any atom is 0.305 e. The lowest BCUT2D eigenvalue weighted by molar-refractivity contribution is -0.142. The van der Waals surface area contributed by atoms with Crippen LogP contribution < -0.4 is 10.6 Å². The fraction of sp³-hybridized carbons (Fsp3) is 0.500. The first kappa shape index (κ1) is 20.9. The predicted octanol–water partition coefficient (Wildman–Crippen LogP) is 0.530. The Bertz CT molecular complexity index is 911. The second-order valence-electron chi connectivity index (χ2n) is 7.79. The standard InChI is InChI=1S/C20H27N5O4/c1-13-9-17(14-11-22-6-3-16(14)23-13)25-7-4-20(29,5-8-25)12-24(2)19(28)15(21)10-18(26)27/h3,6,9,11,15,29H,4-5,7-8,10,12,21H2,1-2H3,(H,26,27)/t15-/m0/s1. The summed E-state index contributed by atoms with van der Waals surface area (Å²) < 4.78 is 0. The summed E-state index contributed by atoms with van der Waals surface area (Å²) in [5.41, 5.74) is 7.45. The molecule has 156 valence electrons. The molecule has 3 rings (SSSR count). The summed E-state index contributed by atoms with van der Waals surface area (Å²) in [6, 6.07) is 2.79. The zero-order valence-corrected chi connectivity index (χ0v) is 16.7. The van der Waals surface area contributed by atoms with Gasteiger partial charge in [-0.2, -0.15) is 0 Å². The molecular formula is C20H27N5O4. The molecule has 0 unspecified atom stereocenters. The van der Waals surface area contributed by atoms with E-state index in [1.807, 2.05) is 19.1 Å². The van der Waals surface area contributed by atoms with Crippen LogP contribution >= 0.6 is 0 Å². The molecule has 2 aromatic heterocycles. The van der Waals surface area contributed by atoms with E-state index in [1.165, 1.54) is 4.90 Å². The number of aliphatic hydroxyl groups is 1. The largest absolute Gasteiger partial charge is 0.481 e. The Morgan fingerprint density at radius 1 is 1.38 bits per heavy atom. The van der Waals surface area contributed by atoms with Crippen LogP contribution in [0.25, 0.3) is 10.9 Å². The monoisotopic (exact) mass is 401 g/mol. The van der Waals surface area contributed by atoms with Crippen LogP contribution in [0.2, 0.25) is 0 Å². The van der Waals surface area contributed by atoms with Crippen LogP contribution in [0.5, 0.6) is 0 Å². The van der Waals surface area contributed by atoms with Crippen LogP contribution in [0.15, 0.2) is 24.5 Å². The van der Waals surface area contributed by atoms with Gasteiger partial charge in [0.1, 0.15) is 0 Å². The van der Waals surface area contributed by atoms with E-state index in [0.29, 0.717) is 25.9 Å². The summed E-state index contributed by atoms with van der Waals surface area (Å²) in [4.78, 5) is 35.3. The Morgan fingerprint density at radius 3 is 2.72 bits per heavy atom. The van der Waals surface area contributed by atoms with E-state index in [4.69, 9.17) is 10.8 Å². The number of fused-ring (bicyclic) bond motifs is 1. The number of aliphatic carboxylic acids is 1. The van der Waals surface area contributed by atoms with Crippen molar-refractivity contribution >= 4 is 28.5 Å². The van der Waals surface area contributed by atoms with Gasteiger partial charge in [-0.05, 0) is 31.9 Å². The predicted molar refractivity (Wildman–Crippen MR) is 109 cm³/mol. The maximum absolute atomic E-state index is 12.3. The van der Waals surface area contributed by atoms with Crippen molar-refractivity contribution in [1.82, 2.24) is 14.9 Å². The van der Waals surface area contributed by atoms with Crippen molar-refractivity contribution in [2.24, 2.45) is 5.73 Å². The Hall–Kier alpha value is -2.78. The van der Waals surface area contributed by atoms with E-state index >= 15 is 0 Å². The van der Waals surface area contributed by atoms with Crippen molar-refractivity contribution < 1.29 is 19.8 Å². The summed E-state index contributed by atoms with van der Waals surface area (Å²) in [6.45, 7) is 3.30. The molecule has 0 radical (unpaired) electrons. The van der Waals surface area contributed by atoms with E-state index in [0.717, 1.165) is 22.3 Å².